The number of nitrogens with one attached hydrogen (secondary N) is 1. The second kappa shape index (κ2) is 9.60. The molecule has 0 spiro atoms. The summed E-state index contributed by atoms with van der Waals surface area (Å²) in [6.07, 6.45) is 3.72. The maximum atomic E-state index is 12.5. The van der Waals surface area contributed by atoms with Gasteiger partial charge in [-0.25, -0.2) is 4.79 Å². The lowest BCUT2D eigenvalue weighted by atomic mass is 10.0. The number of para-hydroxylation sites is 1. The molecule has 1 fully saturated rings. The van der Waals surface area contributed by atoms with Crippen LogP contribution in [-0.4, -0.2) is 34.9 Å². The maximum absolute atomic E-state index is 12.5. The monoisotopic (exact) mass is 484 g/mol. The Morgan fingerprint density at radius 2 is 1.74 bits per heavy atom. The van der Waals surface area contributed by atoms with Gasteiger partial charge in [0, 0.05) is 23.8 Å². The molecule has 2 atom stereocenters. The van der Waals surface area contributed by atoms with Crippen LogP contribution in [-0.2, 0) is 4.74 Å². The Morgan fingerprint density at radius 1 is 0.971 bits per heavy atom. The fraction of sp³-hybridized carbons (Fsp3) is 0.148. The van der Waals surface area contributed by atoms with Crippen LogP contribution < -0.4 is 15.0 Å². The van der Waals surface area contributed by atoms with Crippen molar-refractivity contribution in [3.8, 4) is 11.4 Å². The van der Waals surface area contributed by atoms with Crippen LogP contribution in [0.5, 0.6) is 5.75 Å². The van der Waals surface area contributed by atoms with Crippen molar-refractivity contribution >= 4 is 29.0 Å². The number of aromatic nitrogens is 2. The van der Waals surface area contributed by atoms with Crippen LogP contribution in [0, 0.1) is 0 Å². The van der Waals surface area contributed by atoms with Gasteiger partial charge in [-0.1, -0.05) is 18.2 Å². The summed E-state index contributed by atoms with van der Waals surface area (Å²) in [5.41, 5.74) is 3.93. The number of esters is 1. The van der Waals surface area contributed by atoms with Crippen LogP contribution in [0.2, 0.25) is 0 Å². The highest BCUT2D eigenvalue weighted by atomic mass is 32.1. The third-order valence-electron chi connectivity index (χ3n) is 6.10. The Bertz CT molecular complexity index is 1350. The van der Waals surface area contributed by atoms with Gasteiger partial charge in [-0.3, -0.25) is 4.98 Å². The van der Waals surface area contributed by atoms with E-state index in [1.54, 1.807) is 19.4 Å². The van der Waals surface area contributed by atoms with E-state index in [2.05, 4.69) is 15.2 Å². The van der Waals surface area contributed by atoms with E-state index in [0.717, 1.165) is 28.5 Å². The molecule has 5 rings (SSSR count). The molecule has 176 valence electrons. The number of nitrogens with zero attached hydrogens (tertiary/aromatic N) is 3. The van der Waals surface area contributed by atoms with Gasteiger partial charge in [0.15, 0.2) is 5.11 Å². The van der Waals surface area contributed by atoms with Crippen LogP contribution in [0.15, 0.2) is 91.3 Å². The molecule has 7 nitrogen and oxygen atoms in total. The first-order valence-corrected chi connectivity index (χ1v) is 11.5. The number of methoxy groups -OCH3 is 2. The molecule has 2 aromatic heterocycles. The zero-order chi connectivity index (χ0) is 24.4. The van der Waals surface area contributed by atoms with Crippen LogP contribution in [0.25, 0.3) is 5.69 Å². The number of anilines is 1. The Balaban J connectivity index is 1.67. The molecule has 0 radical (unpaired) electrons. The summed E-state index contributed by atoms with van der Waals surface area (Å²) >= 11 is 5.83. The number of carbonyl (C=O) groups is 1. The Kier molecular flexibility index (Phi) is 6.20. The molecular formula is C27H24N4O3S. The van der Waals surface area contributed by atoms with Crippen molar-refractivity contribution in [2.24, 2.45) is 0 Å². The summed E-state index contributed by atoms with van der Waals surface area (Å²) in [7, 11) is 3.03. The van der Waals surface area contributed by atoms with Gasteiger partial charge in [-0.2, -0.15) is 0 Å². The van der Waals surface area contributed by atoms with Gasteiger partial charge in [0.1, 0.15) is 11.8 Å². The number of hydrogen-bond acceptors (Lipinski definition) is 5. The number of thiocarbonyl (C=S) groups is 1. The van der Waals surface area contributed by atoms with Gasteiger partial charge in [0.2, 0.25) is 0 Å². The molecule has 1 saturated heterocycles. The molecule has 0 saturated carbocycles. The molecule has 0 unspecified atom stereocenters. The third-order valence-corrected chi connectivity index (χ3v) is 6.42. The highest BCUT2D eigenvalue weighted by molar-refractivity contribution is 7.80. The van der Waals surface area contributed by atoms with E-state index in [0.29, 0.717) is 10.7 Å². The first kappa shape index (κ1) is 22.6. The van der Waals surface area contributed by atoms with Crippen molar-refractivity contribution in [3.63, 3.8) is 0 Å². The molecule has 8 heteroatoms. The quantitative estimate of drug-likeness (QED) is 0.310. The predicted molar refractivity (Wildman–Crippen MR) is 138 cm³/mol. The molecule has 1 N–H and O–H groups in total. The fourth-order valence-electron chi connectivity index (χ4n) is 4.50. The molecule has 1 aliphatic rings. The van der Waals surface area contributed by atoms with Crippen molar-refractivity contribution in [3.05, 3.63) is 108 Å². The van der Waals surface area contributed by atoms with Crippen LogP contribution in [0.1, 0.15) is 33.8 Å². The minimum Gasteiger partial charge on any atom is -0.497 e. The molecule has 0 bridgehead atoms. The van der Waals surface area contributed by atoms with Crippen molar-refractivity contribution in [2.45, 2.75) is 12.1 Å². The lowest BCUT2D eigenvalue weighted by molar-refractivity contribution is 0.0600. The Hall–Kier alpha value is -4.17. The summed E-state index contributed by atoms with van der Waals surface area (Å²) in [5.74, 6) is 0.369. The minimum atomic E-state index is -0.395. The summed E-state index contributed by atoms with van der Waals surface area (Å²) in [4.78, 5) is 19.2. The molecule has 4 aromatic rings. The summed E-state index contributed by atoms with van der Waals surface area (Å²) in [6, 6.07) is 24.6. The summed E-state index contributed by atoms with van der Waals surface area (Å²) in [5, 5.41) is 4.06. The first-order chi connectivity index (χ1) is 17.1. The number of pyridine rings is 1. The third kappa shape index (κ3) is 4.13. The van der Waals surface area contributed by atoms with Gasteiger partial charge < -0.3 is 24.3 Å². The maximum Gasteiger partial charge on any atom is 0.339 e. The largest absolute Gasteiger partial charge is 0.497 e. The number of hydrogen-bond donors (Lipinski definition) is 1. The fourth-order valence-corrected chi connectivity index (χ4v) is 4.84. The SMILES string of the molecule is COC(=O)c1ccccc1-n1cccc1[C@H]1[C@H](c2ccccn2)NC(=S)N1c1ccc(OC)cc1. The lowest BCUT2D eigenvalue weighted by Gasteiger charge is -2.29. The molecule has 1 aliphatic heterocycles. The highest BCUT2D eigenvalue weighted by Crippen LogP contribution is 2.42. The molecule has 2 aromatic carbocycles. The van der Waals surface area contributed by atoms with Gasteiger partial charge in [0.25, 0.3) is 0 Å². The molecule has 0 amide bonds. The van der Waals surface area contributed by atoms with E-state index in [1.165, 1.54) is 7.11 Å². The Labute approximate surface area is 208 Å². The van der Waals surface area contributed by atoms with Crippen molar-refractivity contribution < 1.29 is 14.3 Å². The van der Waals surface area contributed by atoms with E-state index in [4.69, 9.17) is 21.7 Å². The van der Waals surface area contributed by atoms with Gasteiger partial charge in [-0.05, 0) is 72.9 Å². The number of ether oxygens (including phenoxy) is 2. The van der Waals surface area contributed by atoms with E-state index in [1.807, 2.05) is 83.6 Å². The minimum absolute atomic E-state index is 0.218. The average Bonchev–Trinajstić information content (AvgIpc) is 3.53. The van der Waals surface area contributed by atoms with E-state index >= 15 is 0 Å². The predicted octanol–water partition coefficient (Wildman–Crippen LogP) is 4.84. The Morgan fingerprint density at radius 3 is 2.46 bits per heavy atom. The van der Waals surface area contributed by atoms with E-state index in [9.17, 15) is 4.79 Å². The van der Waals surface area contributed by atoms with Crippen molar-refractivity contribution in [1.29, 1.82) is 0 Å². The van der Waals surface area contributed by atoms with Crippen molar-refractivity contribution in [1.82, 2.24) is 14.9 Å². The number of carbonyl (C=O) groups excluding carboxylic acids is 1. The molecular weight excluding hydrogens is 460 g/mol. The zero-order valence-corrected chi connectivity index (χ0v) is 20.1. The van der Waals surface area contributed by atoms with Crippen LogP contribution in [0.3, 0.4) is 0 Å². The molecule has 35 heavy (non-hydrogen) atoms. The first-order valence-electron chi connectivity index (χ1n) is 11.1. The number of benzene rings is 2. The standard InChI is InChI=1S/C27H24N4O3S/c1-33-19-14-12-18(13-15-19)31-25(24(29-27(31)35)21-9-5-6-16-28-21)23-11-7-17-30(23)22-10-4-3-8-20(22)26(32)34-2/h3-17,24-25H,1-2H3,(H,29,35)/t24-,25-/m0/s1. The molecule has 3 heterocycles. The van der Waals surface area contributed by atoms with Gasteiger partial charge >= 0.3 is 5.97 Å². The van der Waals surface area contributed by atoms with E-state index < -0.39 is 5.97 Å². The second-order valence-electron chi connectivity index (χ2n) is 8.01. The summed E-state index contributed by atoms with van der Waals surface area (Å²) < 4.78 is 12.4. The van der Waals surface area contributed by atoms with E-state index in [-0.39, 0.29) is 12.1 Å². The smallest absolute Gasteiger partial charge is 0.339 e. The zero-order valence-electron chi connectivity index (χ0n) is 19.3. The second-order valence-corrected chi connectivity index (χ2v) is 8.39. The summed E-state index contributed by atoms with van der Waals surface area (Å²) in [6.45, 7) is 0. The van der Waals surface area contributed by atoms with Crippen LogP contribution >= 0.6 is 12.2 Å². The van der Waals surface area contributed by atoms with Gasteiger partial charge in [-0.15, -0.1) is 0 Å². The lowest BCUT2D eigenvalue weighted by Crippen LogP contribution is -2.30. The average molecular weight is 485 g/mol. The topological polar surface area (TPSA) is 68.6 Å². The van der Waals surface area contributed by atoms with Crippen LogP contribution in [0.4, 0.5) is 5.69 Å². The number of rotatable bonds is 6. The normalized spacial score (nSPS) is 17.2. The van der Waals surface area contributed by atoms with Gasteiger partial charge in [0.05, 0.1) is 37.2 Å². The molecule has 0 aliphatic carbocycles. The van der Waals surface area contributed by atoms with Crippen molar-refractivity contribution in [2.75, 3.05) is 19.1 Å². The highest BCUT2D eigenvalue weighted by Gasteiger charge is 2.42.